The molecule has 0 aromatic rings. The van der Waals surface area contributed by atoms with E-state index in [0.29, 0.717) is 19.3 Å². The summed E-state index contributed by atoms with van der Waals surface area (Å²) in [6.45, 7) is 5.87. The largest absolute Gasteiger partial charge is 0.479 e. The number of aliphatic hydroxyl groups is 2. The lowest BCUT2D eigenvalue weighted by Gasteiger charge is -2.40. The van der Waals surface area contributed by atoms with Gasteiger partial charge in [0, 0.05) is 12.8 Å². The molecular formula is C69H118O12. The third-order valence-electron chi connectivity index (χ3n) is 14.8. The van der Waals surface area contributed by atoms with Crippen molar-refractivity contribution < 1.29 is 58.2 Å². The Balaban J connectivity index is 2.68. The summed E-state index contributed by atoms with van der Waals surface area (Å²) in [6.07, 6.45) is 60.4. The zero-order chi connectivity index (χ0) is 58.9. The number of allylic oxidation sites excluding steroid dienone is 11. The van der Waals surface area contributed by atoms with Crippen molar-refractivity contribution in [3.05, 3.63) is 72.9 Å². The molecule has 0 saturated carbocycles. The van der Waals surface area contributed by atoms with Crippen molar-refractivity contribution in [1.29, 1.82) is 0 Å². The molecule has 0 aliphatic carbocycles. The number of rotatable bonds is 56. The molecule has 6 unspecified atom stereocenters. The maximum absolute atomic E-state index is 13.2. The van der Waals surface area contributed by atoms with Gasteiger partial charge in [0.05, 0.1) is 13.0 Å². The number of carbonyl (C=O) groups excluding carboxylic acids is 3. The van der Waals surface area contributed by atoms with Gasteiger partial charge in [0.25, 0.3) is 0 Å². The molecule has 1 saturated heterocycles. The highest BCUT2D eigenvalue weighted by Crippen LogP contribution is 2.26. The molecule has 1 rings (SSSR count). The van der Waals surface area contributed by atoms with Crippen LogP contribution in [0, 0.1) is 0 Å². The Bertz CT molecular complexity index is 1680. The fourth-order valence-electron chi connectivity index (χ4n) is 9.79. The SMILES string of the molecule is CC/C=C\C/C=C\C/C=C\C/C=C\C/C=C\CC(=O)OC1C(OCC(COC(=O)CCCCCCCCCCCCCCCCCCCCC)OC(=O)CCCCCCCCC/C=C\CCCCCCCC)OC(C(=O)O)C(O)C1O. The lowest BCUT2D eigenvalue weighted by Crippen LogP contribution is -2.61. The van der Waals surface area contributed by atoms with Gasteiger partial charge in [-0.1, -0.05) is 273 Å². The zero-order valence-corrected chi connectivity index (χ0v) is 51.5. The van der Waals surface area contributed by atoms with E-state index in [2.05, 4.69) is 69.4 Å². The predicted molar refractivity (Wildman–Crippen MR) is 331 cm³/mol. The van der Waals surface area contributed by atoms with Gasteiger partial charge in [-0.3, -0.25) is 14.4 Å². The van der Waals surface area contributed by atoms with E-state index in [0.717, 1.165) is 77.0 Å². The van der Waals surface area contributed by atoms with Gasteiger partial charge >= 0.3 is 23.9 Å². The van der Waals surface area contributed by atoms with Crippen LogP contribution in [0.4, 0.5) is 0 Å². The molecule has 3 N–H and O–H groups in total. The molecule has 0 bridgehead atoms. The molecule has 0 spiro atoms. The van der Waals surface area contributed by atoms with Gasteiger partial charge in [0.1, 0.15) is 18.8 Å². The van der Waals surface area contributed by atoms with Crippen LogP contribution < -0.4 is 0 Å². The highest BCUT2D eigenvalue weighted by atomic mass is 16.7. The van der Waals surface area contributed by atoms with E-state index < -0.39 is 67.3 Å². The lowest BCUT2D eigenvalue weighted by molar-refractivity contribution is -0.301. The number of aliphatic hydroxyl groups excluding tert-OH is 2. The predicted octanol–water partition coefficient (Wildman–Crippen LogP) is 17.7. The van der Waals surface area contributed by atoms with E-state index >= 15 is 0 Å². The molecule has 1 heterocycles. The average Bonchev–Trinajstić information content (AvgIpc) is 3.53. The summed E-state index contributed by atoms with van der Waals surface area (Å²) in [5.41, 5.74) is 0. The summed E-state index contributed by atoms with van der Waals surface area (Å²) in [5.74, 6) is -3.27. The molecule has 0 aromatic heterocycles. The van der Waals surface area contributed by atoms with Gasteiger partial charge in [-0.25, -0.2) is 4.79 Å². The standard InChI is InChI=1S/C69H118O12/c1-4-7-10-13-16-19-22-25-28-30-31-33-35-37-40-43-46-49-52-55-61(70)77-58-60(79-62(71)56-53-50-47-44-41-39-36-32-29-26-23-20-17-14-11-8-5-2)59-78-69-67(65(74)64(73)66(81-69)68(75)76)80-63(72)57-54-51-48-45-42-38-34-27-24-21-18-15-12-9-6-3/h9,12,18,21,26-27,29,34,42,45,51,54,60,64-67,69,73-74H,4-8,10-11,13-17,19-20,22-25,28,30-33,35-41,43-44,46-50,52-53,55-59H2,1-3H3,(H,75,76)/b12-9-,21-18-,29-26-,34-27-,45-42-,54-51-. The Hall–Kier alpha value is -3.84. The van der Waals surface area contributed by atoms with Crippen molar-refractivity contribution >= 4 is 23.9 Å². The summed E-state index contributed by atoms with van der Waals surface area (Å²) in [7, 11) is 0. The molecule has 6 atom stereocenters. The number of carboxylic acids is 1. The first kappa shape index (κ1) is 75.2. The highest BCUT2D eigenvalue weighted by Gasteiger charge is 2.50. The molecule has 12 nitrogen and oxygen atoms in total. The van der Waals surface area contributed by atoms with Gasteiger partial charge in [0.15, 0.2) is 24.6 Å². The van der Waals surface area contributed by atoms with Crippen LogP contribution in [0.15, 0.2) is 72.9 Å². The van der Waals surface area contributed by atoms with E-state index in [1.54, 1.807) is 12.2 Å². The van der Waals surface area contributed by atoms with E-state index in [4.69, 9.17) is 23.7 Å². The van der Waals surface area contributed by atoms with Gasteiger partial charge in [-0.2, -0.15) is 0 Å². The van der Waals surface area contributed by atoms with Crippen molar-refractivity contribution in [2.75, 3.05) is 13.2 Å². The van der Waals surface area contributed by atoms with E-state index in [9.17, 15) is 34.5 Å². The fraction of sp³-hybridized carbons (Fsp3) is 0.768. The molecule has 81 heavy (non-hydrogen) atoms. The Morgan fingerprint density at radius 2 is 0.815 bits per heavy atom. The number of carboxylic acid groups (broad SMARTS) is 1. The number of unbranched alkanes of at least 4 members (excludes halogenated alkanes) is 31. The number of hydrogen-bond acceptors (Lipinski definition) is 11. The van der Waals surface area contributed by atoms with Crippen LogP contribution in [0.3, 0.4) is 0 Å². The molecular weight excluding hydrogens is 1020 g/mol. The maximum atomic E-state index is 13.2. The highest BCUT2D eigenvalue weighted by molar-refractivity contribution is 5.74. The Morgan fingerprint density at radius 1 is 0.432 bits per heavy atom. The topological polar surface area (TPSA) is 175 Å². The fourth-order valence-corrected chi connectivity index (χ4v) is 9.79. The number of ether oxygens (including phenoxy) is 5. The minimum absolute atomic E-state index is 0.148. The van der Waals surface area contributed by atoms with Gasteiger partial charge in [-0.15, -0.1) is 0 Å². The molecule has 1 fully saturated rings. The first-order chi connectivity index (χ1) is 39.6. The third kappa shape index (κ3) is 46.3. The first-order valence-corrected chi connectivity index (χ1v) is 32.9. The normalized spacial score (nSPS) is 18.2. The Morgan fingerprint density at radius 3 is 1.23 bits per heavy atom. The van der Waals surface area contributed by atoms with Crippen molar-refractivity contribution in [1.82, 2.24) is 0 Å². The summed E-state index contributed by atoms with van der Waals surface area (Å²) in [6, 6.07) is 0. The molecule has 0 aromatic carbocycles. The summed E-state index contributed by atoms with van der Waals surface area (Å²) >= 11 is 0. The number of esters is 3. The van der Waals surface area contributed by atoms with Gasteiger partial charge in [0.2, 0.25) is 0 Å². The van der Waals surface area contributed by atoms with Crippen LogP contribution >= 0.6 is 0 Å². The second-order valence-corrected chi connectivity index (χ2v) is 22.4. The van der Waals surface area contributed by atoms with Crippen LogP contribution in [-0.4, -0.2) is 89.2 Å². The third-order valence-corrected chi connectivity index (χ3v) is 14.8. The second kappa shape index (κ2) is 56.6. The van der Waals surface area contributed by atoms with Crippen LogP contribution in [0.5, 0.6) is 0 Å². The summed E-state index contributed by atoms with van der Waals surface area (Å²) in [5, 5.41) is 31.5. The van der Waals surface area contributed by atoms with Crippen molar-refractivity contribution in [3.63, 3.8) is 0 Å². The molecule has 0 amide bonds. The molecule has 1 aliphatic rings. The van der Waals surface area contributed by atoms with Gasteiger partial charge in [-0.05, 0) is 70.6 Å². The van der Waals surface area contributed by atoms with Crippen molar-refractivity contribution in [3.8, 4) is 0 Å². The Labute approximate surface area is 493 Å². The second-order valence-electron chi connectivity index (χ2n) is 22.4. The summed E-state index contributed by atoms with van der Waals surface area (Å²) in [4.78, 5) is 51.3. The van der Waals surface area contributed by atoms with Crippen LogP contribution in [0.25, 0.3) is 0 Å². The molecule has 12 heteroatoms. The number of hydrogen-bond donors (Lipinski definition) is 3. The van der Waals surface area contributed by atoms with Gasteiger partial charge < -0.3 is 39.0 Å². The van der Waals surface area contributed by atoms with E-state index in [1.807, 2.05) is 12.2 Å². The number of carbonyl (C=O) groups is 4. The average molecular weight is 1140 g/mol. The molecule has 466 valence electrons. The molecule has 1 aliphatic heterocycles. The first-order valence-electron chi connectivity index (χ1n) is 32.9. The smallest absolute Gasteiger partial charge is 0.335 e. The van der Waals surface area contributed by atoms with Crippen LogP contribution in [0.1, 0.15) is 290 Å². The van der Waals surface area contributed by atoms with E-state index in [1.165, 1.54) is 154 Å². The number of aliphatic carboxylic acids is 1. The van der Waals surface area contributed by atoms with Crippen molar-refractivity contribution in [2.24, 2.45) is 0 Å². The van der Waals surface area contributed by atoms with Crippen LogP contribution in [-0.2, 0) is 42.9 Å². The quantitative estimate of drug-likeness (QED) is 0.0228. The zero-order valence-electron chi connectivity index (χ0n) is 51.5. The monoisotopic (exact) mass is 1140 g/mol. The van der Waals surface area contributed by atoms with Crippen LogP contribution in [0.2, 0.25) is 0 Å². The summed E-state index contributed by atoms with van der Waals surface area (Å²) < 4.78 is 28.4. The minimum Gasteiger partial charge on any atom is -0.479 e. The maximum Gasteiger partial charge on any atom is 0.335 e. The Kier molecular flexibility index (Phi) is 52.6. The lowest BCUT2D eigenvalue weighted by atomic mass is 9.98. The van der Waals surface area contributed by atoms with E-state index in [-0.39, 0.29) is 25.9 Å². The van der Waals surface area contributed by atoms with Crippen molar-refractivity contribution in [2.45, 2.75) is 327 Å². The minimum atomic E-state index is -1.94. The molecule has 0 radical (unpaired) electrons.